The predicted octanol–water partition coefficient (Wildman–Crippen LogP) is 1.80. The van der Waals surface area contributed by atoms with Crippen LogP contribution in [-0.4, -0.2) is 24.8 Å². The molecule has 5 heteroatoms. The molecular weight excluding hydrogens is 218 g/mol. The quantitative estimate of drug-likeness (QED) is 0.647. The van der Waals surface area contributed by atoms with Crippen molar-refractivity contribution in [3.63, 3.8) is 0 Å². The molecule has 2 bridgehead atoms. The lowest BCUT2D eigenvalue weighted by Crippen LogP contribution is -2.46. The average molecular weight is 232 g/mol. The summed E-state index contributed by atoms with van der Waals surface area (Å²) in [5.41, 5.74) is 0. The number of ketones is 1. The van der Waals surface area contributed by atoms with Crippen LogP contribution in [-0.2, 0) is 14.3 Å². The maximum Gasteiger partial charge on any atom is 0.308 e. The summed E-state index contributed by atoms with van der Waals surface area (Å²) in [4.78, 5) is 23.0. The van der Waals surface area contributed by atoms with Gasteiger partial charge in [0.05, 0.1) is 13.0 Å². The van der Waals surface area contributed by atoms with E-state index in [1.165, 1.54) is 7.11 Å². The summed E-state index contributed by atoms with van der Waals surface area (Å²) in [6.07, 6.45) is -0.374. The zero-order chi connectivity index (χ0) is 11.9. The molecule has 90 valence electrons. The molecule has 0 aromatic heterocycles. The van der Waals surface area contributed by atoms with Gasteiger partial charge in [0.1, 0.15) is 5.78 Å². The number of esters is 1. The first-order valence-corrected chi connectivity index (χ1v) is 5.42. The van der Waals surface area contributed by atoms with Crippen molar-refractivity contribution in [2.75, 3.05) is 7.11 Å². The molecule has 2 fully saturated rings. The Hall–Kier alpha value is -1.00. The first kappa shape index (κ1) is 11.5. The molecular formula is C11H14F2O3. The van der Waals surface area contributed by atoms with Crippen molar-refractivity contribution >= 4 is 11.8 Å². The minimum atomic E-state index is -2.75. The van der Waals surface area contributed by atoms with Crippen LogP contribution in [0, 0.1) is 17.8 Å². The number of hydrogen-bond donors (Lipinski definition) is 0. The highest BCUT2D eigenvalue weighted by molar-refractivity contribution is 5.87. The molecule has 0 aromatic carbocycles. The van der Waals surface area contributed by atoms with Crippen LogP contribution in [0.4, 0.5) is 8.78 Å². The van der Waals surface area contributed by atoms with Gasteiger partial charge in [-0.2, -0.15) is 0 Å². The Morgan fingerprint density at radius 1 is 1.31 bits per heavy atom. The topological polar surface area (TPSA) is 43.4 Å². The van der Waals surface area contributed by atoms with Crippen molar-refractivity contribution in [3.05, 3.63) is 0 Å². The summed E-state index contributed by atoms with van der Waals surface area (Å²) >= 11 is 0. The molecule has 0 saturated heterocycles. The standard InChI is InChI=1S/C11H14F2O3/c1-16-10(15)6-2-7-4-11(12,13)5-8(3-6)9(7)14/h6-8H,2-5H2,1H3. The van der Waals surface area contributed by atoms with E-state index >= 15 is 0 Å². The molecule has 2 aliphatic carbocycles. The van der Waals surface area contributed by atoms with E-state index in [0.717, 1.165) is 0 Å². The molecule has 2 rings (SSSR count). The number of Topliss-reactive ketones (excluding diaryl/α,β-unsaturated/α-hetero) is 1. The van der Waals surface area contributed by atoms with Crippen molar-refractivity contribution in [1.82, 2.24) is 0 Å². The molecule has 3 nitrogen and oxygen atoms in total. The molecule has 0 aliphatic heterocycles. The molecule has 2 saturated carbocycles. The highest BCUT2D eigenvalue weighted by Crippen LogP contribution is 2.46. The Morgan fingerprint density at radius 2 is 1.81 bits per heavy atom. The van der Waals surface area contributed by atoms with Gasteiger partial charge in [-0.05, 0) is 12.8 Å². The van der Waals surface area contributed by atoms with E-state index < -0.39 is 30.6 Å². The Balaban J connectivity index is 2.13. The van der Waals surface area contributed by atoms with Gasteiger partial charge >= 0.3 is 5.97 Å². The molecule has 0 amide bonds. The molecule has 0 heterocycles. The lowest BCUT2D eigenvalue weighted by Gasteiger charge is -2.40. The molecule has 2 aliphatic rings. The van der Waals surface area contributed by atoms with Gasteiger partial charge in [-0.25, -0.2) is 8.78 Å². The Kier molecular flexibility index (Phi) is 2.72. The van der Waals surface area contributed by atoms with Gasteiger partial charge in [-0.3, -0.25) is 9.59 Å². The van der Waals surface area contributed by atoms with Crippen molar-refractivity contribution in [2.24, 2.45) is 17.8 Å². The maximum atomic E-state index is 13.2. The SMILES string of the molecule is COC(=O)C1CC2CC(F)(F)CC(C1)C2=O. The smallest absolute Gasteiger partial charge is 0.308 e. The lowest BCUT2D eigenvalue weighted by molar-refractivity contribution is -0.159. The Labute approximate surface area is 92.1 Å². The first-order valence-electron chi connectivity index (χ1n) is 5.42. The van der Waals surface area contributed by atoms with E-state index in [1.807, 2.05) is 0 Å². The monoisotopic (exact) mass is 232 g/mol. The molecule has 16 heavy (non-hydrogen) atoms. The summed E-state index contributed by atoms with van der Waals surface area (Å²) in [6.45, 7) is 0. The predicted molar refractivity (Wildman–Crippen MR) is 50.9 cm³/mol. The third-order valence-electron chi connectivity index (χ3n) is 3.57. The third kappa shape index (κ3) is 1.95. The van der Waals surface area contributed by atoms with E-state index in [4.69, 9.17) is 0 Å². The Morgan fingerprint density at radius 3 is 2.25 bits per heavy atom. The second-order valence-electron chi connectivity index (χ2n) is 4.75. The molecule has 0 spiro atoms. The van der Waals surface area contributed by atoms with E-state index in [0.29, 0.717) is 0 Å². The average Bonchev–Trinajstić information content (AvgIpc) is 2.19. The number of ether oxygens (including phenoxy) is 1. The molecule has 0 radical (unpaired) electrons. The summed E-state index contributed by atoms with van der Waals surface area (Å²) in [6, 6.07) is 0. The number of rotatable bonds is 1. The number of hydrogen-bond acceptors (Lipinski definition) is 3. The normalized spacial score (nSPS) is 36.9. The van der Waals surface area contributed by atoms with E-state index in [2.05, 4.69) is 4.74 Å². The zero-order valence-corrected chi connectivity index (χ0v) is 9.04. The largest absolute Gasteiger partial charge is 0.469 e. The molecule has 0 N–H and O–H groups in total. The van der Waals surface area contributed by atoms with E-state index in [-0.39, 0.29) is 30.5 Å². The molecule has 2 atom stereocenters. The van der Waals surface area contributed by atoms with Gasteiger partial charge in [0.25, 0.3) is 0 Å². The van der Waals surface area contributed by atoms with Crippen LogP contribution in [0.15, 0.2) is 0 Å². The van der Waals surface area contributed by atoms with Gasteiger partial charge in [0.15, 0.2) is 0 Å². The number of alkyl halides is 2. The van der Waals surface area contributed by atoms with Crippen molar-refractivity contribution in [1.29, 1.82) is 0 Å². The third-order valence-corrected chi connectivity index (χ3v) is 3.57. The van der Waals surface area contributed by atoms with Crippen LogP contribution in [0.25, 0.3) is 0 Å². The van der Waals surface area contributed by atoms with Crippen molar-refractivity contribution in [3.8, 4) is 0 Å². The summed E-state index contributed by atoms with van der Waals surface area (Å²) in [5.74, 6) is -4.92. The van der Waals surface area contributed by atoms with Crippen LogP contribution in [0.5, 0.6) is 0 Å². The van der Waals surface area contributed by atoms with Crippen LogP contribution in [0.3, 0.4) is 0 Å². The molecule has 0 aromatic rings. The second-order valence-corrected chi connectivity index (χ2v) is 4.75. The number of fused-ring (bicyclic) bond motifs is 2. The summed E-state index contributed by atoms with van der Waals surface area (Å²) < 4.78 is 31.1. The van der Waals surface area contributed by atoms with E-state index in [1.54, 1.807) is 0 Å². The van der Waals surface area contributed by atoms with Gasteiger partial charge < -0.3 is 4.74 Å². The second kappa shape index (κ2) is 3.79. The summed E-state index contributed by atoms with van der Waals surface area (Å²) in [5, 5.41) is 0. The van der Waals surface area contributed by atoms with Gasteiger partial charge in [0.2, 0.25) is 5.92 Å². The van der Waals surface area contributed by atoms with E-state index in [9.17, 15) is 18.4 Å². The summed E-state index contributed by atoms with van der Waals surface area (Å²) in [7, 11) is 1.28. The highest BCUT2D eigenvalue weighted by atomic mass is 19.3. The minimum absolute atomic E-state index is 0.0916. The fourth-order valence-corrected chi connectivity index (χ4v) is 2.88. The maximum absolute atomic E-state index is 13.2. The van der Waals surface area contributed by atoms with Gasteiger partial charge in [0, 0.05) is 24.7 Å². The number of carbonyl (C=O) groups excluding carboxylic acids is 2. The van der Waals surface area contributed by atoms with Crippen LogP contribution in [0.2, 0.25) is 0 Å². The fraction of sp³-hybridized carbons (Fsp3) is 0.818. The number of carbonyl (C=O) groups is 2. The van der Waals surface area contributed by atoms with Crippen LogP contribution >= 0.6 is 0 Å². The Bertz CT molecular complexity index is 307. The van der Waals surface area contributed by atoms with Crippen LogP contribution < -0.4 is 0 Å². The lowest BCUT2D eigenvalue weighted by atomic mass is 9.66. The molecule has 2 unspecified atom stereocenters. The van der Waals surface area contributed by atoms with Crippen molar-refractivity contribution < 1.29 is 23.1 Å². The minimum Gasteiger partial charge on any atom is -0.469 e. The fourth-order valence-electron chi connectivity index (χ4n) is 2.88. The number of halogens is 2. The number of methoxy groups -OCH3 is 1. The van der Waals surface area contributed by atoms with Gasteiger partial charge in [-0.15, -0.1) is 0 Å². The van der Waals surface area contributed by atoms with Crippen molar-refractivity contribution in [2.45, 2.75) is 31.6 Å². The zero-order valence-electron chi connectivity index (χ0n) is 9.04. The highest BCUT2D eigenvalue weighted by Gasteiger charge is 2.51. The first-order chi connectivity index (χ1) is 7.43. The van der Waals surface area contributed by atoms with Gasteiger partial charge in [-0.1, -0.05) is 0 Å². The van der Waals surface area contributed by atoms with Crippen LogP contribution in [0.1, 0.15) is 25.7 Å².